The molecule has 0 saturated heterocycles. The van der Waals surface area contributed by atoms with Gasteiger partial charge in [-0.15, -0.1) is 5.10 Å². The number of anilines is 1. The molecule has 0 aliphatic carbocycles. The molecule has 2 aromatic heterocycles. The first kappa shape index (κ1) is 16.8. The average Bonchev–Trinajstić information content (AvgIpc) is 3.31. The summed E-state index contributed by atoms with van der Waals surface area (Å²) in [7, 11) is 0. The molecule has 3 rings (SSSR count). The van der Waals surface area contributed by atoms with Gasteiger partial charge in [0.1, 0.15) is 0 Å². The molecule has 3 aromatic rings. The fourth-order valence-corrected chi connectivity index (χ4v) is 2.73. The quantitative estimate of drug-likeness (QED) is 0.653. The zero-order valence-electron chi connectivity index (χ0n) is 13.2. The molecule has 0 atom stereocenters. The summed E-state index contributed by atoms with van der Waals surface area (Å²) >= 11 is 1.57. The molecular formula is C17H15N3O4S. The van der Waals surface area contributed by atoms with Crippen LogP contribution in [-0.4, -0.2) is 28.7 Å². The summed E-state index contributed by atoms with van der Waals surface area (Å²) in [5.74, 6) is -0.673. The van der Waals surface area contributed by atoms with E-state index in [1.54, 1.807) is 11.3 Å². The molecule has 0 fully saturated rings. The van der Waals surface area contributed by atoms with Crippen LogP contribution in [0.4, 0.5) is 6.01 Å². The number of nitrogens with one attached hydrogen (secondary N) is 1. The summed E-state index contributed by atoms with van der Waals surface area (Å²) in [4.78, 5) is 23.4. The molecule has 1 amide bonds. The molecule has 2 heterocycles. The van der Waals surface area contributed by atoms with Crippen molar-refractivity contribution >= 4 is 29.2 Å². The Labute approximate surface area is 147 Å². The zero-order valence-corrected chi connectivity index (χ0v) is 14.0. The Bertz CT molecular complexity index is 831. The number of rotatable bonds is 7. The normalized spacial score (nSPS) is 10.4. The number of esters is 1. The van der Waals surface area contributed by atoms with Gasteiger partial charge in [0.15, 0.2) is 6.61 Å². The molecule has 0 aliphatic heterocycles. The molecule has 1 N–H and O–H groups in total. The van der Waals surface area contributed by atoms with Crippen LogP contribution < -0.4 is 5.32 Å². The third-order valence-electron chi connectivity index (χ3n) is 3.25. The van der Waals surface area contributed by atoms with Gasteiger partial charge in [0.25, 0.3) is 5.91 Å². The van der Waals surface area contributed by atoms with E-state index in [4.69, 9.17) is 9.15 Å². The van der Waals surface area contributed by atoms with Gasteiger partial charge < -0.3 is 9.15 Å². The first-order chi connectivity index (χ1) is 12.2. The molecule has 0 bridgehead atoms. The summed E-state index contributed by atoms with van der Waals surface area (Å²) in [5.41, 5.74) is 1.82. The maximum absolute atomic E-state index is 11.8. The predicted octanol–water partition coefficient (Wildman–Crippen LogP) is 2.91. The number of hydrogen-bond acceptors (Lipinski definition) is 7. The van der Waals surface area contributed by atoms with Crippen molar-refractivity contribution in [3.05, 3.63) is 52.7 Å². The SMILES string of the molecule is O=C(COC(=O)CCc1ccsc1)Nc1nnc(-c2ccccc2)o1. The Morgan fingerprint density at radius 3 is 2.76 bits per heavy atom. The van der Waals surface area contributed by atoms with Gasteiger partial charge in [-0.25, -0.2) is 0 Å². The van der Waals surface area contributed by atoms with Crippen molar-refractivity contribution in [3.63, 3.8) is 0 Å². The second kappa shape index (κ2) is 8.20. The number of aryl methyl sites for hydroxylation is 1. The number of carbonyl (C=O) groups excluding carboxylic acids is 2. The van der Waals surface area contributed by atoms with Gasteiger partial charge in [-0.3, -0.25) is 14.9 Å². The van der Waals surface area contributed by atoms with Gasteiger partial charge in [-0.05, 0) is 40.9 Å². The van der Waals surface area contributed by atoms with Crippen LogP contribution in [0.25, 0.3) is 11.5 Å². The van der Waals surface area contributed by atoms with E-state index in [0.29, 0.717) is 12.3 Å². The summed E-state index contributed by atoms with van der Waals surface area (Å²) in [5, 5.41) is 13.9. The third kappa shape index (κ3) is 4.98. The first-order valence-electron chi connectivity index (χ1n) is 7.56. The van der Waals surface area contributed by atoms with Gasteiger partial charge in [-0.1, -0.05) is 23.3 Å². The standard InChI is InChI=1S/C17H15N3O4S/c21-14(10-23-15(22)7-6-12-8-9-25-11-12)18-17-20-19-16(24-17)13-4-2-1-3-5-13/h1-5,8-9,11H,6-7,10H2,(H,18,20,21). The minimum absolute atomic E-state index is 0.0434. The summed E-state index contributed by atoms with van der Waals surface area (Å²) < 4.78 is 10.3. The fraction of sp³-hybridized carbons (Fsp3) is 0.176. The lowest BCUT2D eigenvalue weighted by Crippen LogP contribution is -2.21. The van der Waals surface area contributed by atoms with E-state index in [9.17, 15) is 9.59 Å². The number of benzene rings is 1. The maximum Gasteiger partial charge on any atom is 0.322 e. The number of thiophene rings is 1. The van der Waals surface area contributed by atoms with Crippen molar-refractivity contribution in [3.8, 4) is 11.5 Å². The maximum atomic E-state index is 11.8. The smallest absolute Gasteiger partial charge is 0.322 e. The topological polar surface area (TPSA) is 94.3 Å². The highest BCUT2D eigenvalue weighted by molar-refractivity contribution is 7.07. The van der Waals surface area contributed by atoms with E-state index < -0.39 is 18.5 Å². The molecule has 1 aromatic carbocycles. The lowest BCUT2D eigenvalue weighted by Gasteiger charge is -2.03. The highest BCUT2D eigenvalue weighted by atomic mass is 32.1. The highest BCUT2D eigenvalue weighted by Crippen LogP contribution is 2.18. The molecule has 25 heavy (non-hydrogen) atoms. The van der Waals surface area contributed by atoms with Crippen molar-refractivity contribution in [1.29, 1.82) is 0 Å². The average molecular weight is 357 g/mol. The Balaban J connectivity index is 1.43. The summed E-state index contributed by atoms with van der Waals surface area (Å²) in [6.45, 7) is -0.397. The van der Waals surface area contributed by atoms with Crippen LogP contribution in [0.3, 0.4) is 0 Å². The predicted molar refractivity (Wildman–Crippen MR) is 92.0 cm³/mol. The van der Waals surface area contributed by atoms with E-state index in [-0.39, 0.29) is 12.4 Å². The van der Waals surface area contributed by atoms with E-state index in [1.807, 2.05) is 47.2 Å². The van der Waals surface area contributed by atoms with Gasteiger partial charge in [0.2, 0.25) is 5.89 Å². The van der Waals surface area contributed by atoms with Crippen LogP contribution >= 0.6 is 11.3 Å². The molecule has 128 valence electrons. The Hall–Kier alpha value is -3.00. The van der Waals surface area contributed by atoms with E-state index in [2.05, 4.69) is 15.5 Å². The minimum atomic E-state index is -0.535. The number of hydrogen-bond donors (Lipinski definition) is 1. The van der Waals surface area contributed by atoms with Crippen molar-refractivity contribution in [2.75, 3.05) is 11.9 Å². The first-order valence-corrected chi connectivity index (χ1v) is 8.50. The molecule has 8 heteroatoms. The van der Waals surface area contributed by atoms with Crippen molar-refractivity contribution in [2.24, 2.45) is 0 Å². The summed E-state index contributed by atoms with van der Waals surface area (Å²) in [6.07, 6.45) is 0.816. The van der Waals surface area contributed by atoms with Crippen LogP contribution in [0, 0.1) is 0 Å². The van der Waals surface area contributed by atoms with Gasteiger partial charge in [0.05, 0.1) is 0 Å². The fourth-order valence-electron chi connectivity index (χ4n) is 2.03. The monoisotopic (exact) mass is 357 g/mol. The minimum Gasteiger partial charge on any atom is -0.456 e. The molecule has 0 radical (unpaired) electrons. The number of carbonyl (C=O) groups is 2. The lowest BCUT2D eigenvalue weighted by atomic mass is 10.2. The zero-order chi connectivity index (χ0) is 17.5. The van der Waals surface area contributed by atoms with Crippen LogP contribution in [0.2, 0.25) is 0 Å². The van der Waals surface area contributed by atoms with Crippen molar-refractivity contribution in [1.82, 2.24) is 10.2 Å². The van der Waals surface area contributed by atoms with Crippen LogP contribution in [0.15, 0.2) is 51.6 Å². The van der Waals surface area contributed by atoms with Crippen LogP contribution in [-0.2, 0) is 20.7 Å². The highest BCUT2D eigenvalue weighted by Gasteiger charge is 2.13. The van der Waals surface area contributed by atoms with E-state index in [0.717, 1.165) is 11.1 Å². The summed E-state index contributed by atoms with van der Waals surface area (Å²) in [6, 6.07) is 11.1. The number of ether oxygens (including phenoxy) is 1. The molecule has 0 unspecified atom stereocenters. The Morgan fingerprint density at radius 1 is 1.16 bits per heavy atom. The van der Waals surface area contributed by atoms with Crippen LogP contribution in [0.1, 0.15) is 12.0 Å². The Kier molecular flexibility index (Phi) is 5.53. The largest absolute Gasteiger partial charge is 0.456 e. The molecule has 0 saturated carbocycles. The number of nitrogens with zero attached hydrogens (tertiary/aromatic N) is 2. The van der Waals surface area contributed by atoms with Gasteiger partial charge >= 0.3 is 12.0 Å². The van der Waals surface area contributed by atoms with Gasteiger partial charge in [0, 0.05) is 12.0 Å². The second-order valence-corrected chi connectivity index (χ2v) is 5.90. The Morgan fingerprint density at radius 2 is 2.00 bits per heavy atom. The molecular weight excluding hydrogens is 342 g/mol. The van der Waals surface area contributed by atoms with Crippen LogP contribution in [0.5, 0.6) is 0 Å². The number of aromatic nitrogens is 2. The van der Waals surface area contributed by atoms with E-state index in [1.165, 1.54) is 0 Å². The lowest BCUT2D eigenvalue weighted by molar-refractivity contribution is -0.147. The molecule has 0 aliphatic rings. The van der Waals surface area contributed by atoms with Crippen molar-refractivity contribution in [2.45, 2.75) is 12.8 Å². The number of amides is 1. The van der Waals surface area contributed by atoms with Gasteiger partial charge in [-0.2, -0.15) is 11.3 Å². The van der Waals surface area contributed by atoms with E-state index >= 15 is 0 Å². The molecule has 0 spiro atoms. The second-order valence-electron chi connectivity index (χ2n) is 5.12. The molecule has 7 nitrogen and oxygen atoms in total. The third-order valence-corrected chi connectivity index (χ3v) is 3.99. The van der Waals surface area contributed by atoms with Crippen molar-refractivity contribution < 1.29 is 18.7 Å².